The minimum atomic E-state index is 1.13. The first kappa shape index (κ1) is 13.3. The van der Waals surface area contributed by atoms with Gasteiger partial charge in [0.15, 0.2) is 0 Å². The summed E-state index contributed by atoms with van der Waals surface area (Å²) < 4.78 is 5.58. The molecule has 0 atom stereocenters. The topological polar surface area (TPSA) is 13.1 Å². The summed E-state index contributed by atoms with van der Waals surface area (Å²) in [6.07, 6.45) is 13.4. The van der Waals surface area contributed by atoms with Gasteiger partial charge in [0.05, 0.1) is 6.26 Å². The lowest BCUT2D eigenvalue weighted by atomic mass is 10.0. The van der Waals surface area contributed by atoms with Gasteiger partial charge in [0.1, 0.15) is 5.76 Å². The average Bonchev–Trinajstić information content (AvgIpc) is 2.73. The van der Waals surface area contributed by atoms with Crippen LogP contribution in [0.25, 0.3) is 0 Å². The third-order valence-corrected chi connectivity index (χ3v) is 3.14. The summed E-state index contributed by atoms with van der Waals surface area (Å²) in [7, 11) is 0. The van der Waals surface area contributed by atoms with Crippen LogP contribution in [0.5, 0.6) is 0 Å². The van der Waals surface area contributed by atoms with E-state index in [2.05, 4.69) is 19.9 Å². The molecule has 1 heterocycles. The van der Waals surface area contributed by atoms with Crippen molar-refractivity contribution in [3.8, 4) is 0 Å². The van der Waals surface area contributed by atoms with Crippen molar-refractivity contribution < 1.29 is 4.42 Å². The van der Waals surface area contributed by atoms with E-state index < -0.39 is 0 Å². The van der Waals surface area contributed by atoms with Gasteiger partial charge in [-0.15, -0.1) is 0 Å². The molecule has 1 rings (SSSR count). The van der Waals surface area contributed by atoms with Crippen LogP contribution >= 0.6 is 0 Å². The van der Waals surface area contributed by atoms with E-state index in [0.29, 0.717) is 0 Å². The fraction of sp³-hybridized carbons (Fsp3) is 0.733. The second-order valence-corrected chi connectivity index (χ2v) is 4.64. The molecule has 0 fully saturated rings. The monoisotopic (exact) mass is 222 g/mol. The van der Waals surface area contributed by atoms with Gasteiger partial charge in [0, 0.05) is 6.42 Å². The van der Waals surface area contributed by atoms with Crippen LogP contribution in [0.2, 0.25) is 0 Å². The first-order valence-corrected chi connectivity index (χ1v) is 6.93. The lowest BCUT2D eigenvalue weighted by Crippen LogP contribution is -1.91. The van der Waals surface area contributed by atoms with Crippen molar-refractivity contribution in [2.24, 2.45) is 0 Å². The highest BCUT2D eigenvalue weighted by atomic mass is 16.3. The number of rotatable bonds is 9. The van der Waals surface area contributed by atoms with Gasteiger partial charge >= 0.3 is 0 Å². The quantitative estimate of drug-likeness (QED) is 0.528. The van der Waals surface area contributed by atoms with Gasteiger partial charge in [-0.1, -0.05) is 46.0 Å². The van der Waals surface area contributed by atoms with Crippen LogP contribution in [0, 0.1) is 0 Å². The van der Waals surface area contributed by atoms with Gasteiger partial charge in [-0.05, 0) is 30.9 Å². The molecule has 0 radical (unpaired) electrons. The lowest BCUT2D eigenvalue weighted by molar-refractivity contribution is 0.488. The molecular weight excluding hydrogens is 196 g/mol. The Labute approximate surface area is 100 Å². The van der Waals surface area contributed by atoms with E-state index >= 15 is 0 Å². The predicted octanol–water partition coefficient (Wildman–Crippen LogP) is 5.14. The van der Waals surface area contributed by atoms with E-state index in [1.54, 1.807) is 0 Å². The largest absolute Gasteiger partial charge is 0.469 e. The van der Waals surface area contributed by atoms with Crippen molar-refractivity contribution in [2.75, 3.05) is 0 Å². The first-order chi connectivity index (χ1) is 7.88. The van der Waals surface area contributed by atoms with Crippen molar-refractivity contribution >= 4 is 0 Å². The molecule has 0 spiro atoms. The van der Waals surface area contributed by atoms with E-state index in [1.165, 1.54) is 62.7 Å². The number of furan rings is 1. The maximum absolute atomic E-state index is 5.58. The Morgan fingerprint density at radius 2 is 1.56 bits per heavy atom. The molecule has 0 aliphatic heterocycles. The summed E-state index contributed by atoms with van der Waals surface area (Å²) in [4.78, 5) is 0. The Balaban J connectivity index is 2.26. The molecular formula is C15H26O. The standard InChI is InChI=1S/C15H26O/c1-3-5-7-9-11-15-14(12-13-16-15)10-8-6-4-2/h12-13H,3-11H2,1-2H3. The molecule has 0 saturated carbocycles. The van der Waals surface area contributed by atoms with Gasteiger partial charge in [0.25, 0.3) is 0 Å². The summed E-state index contributed by atoms with van der Waals surface area (Å²) in [6.45, 7) is 4.50. The highest BCUT2D eigenvalue weighted by Gasteiger charge is 2.05. The Kier molecular flexibility index (Phi) is 7.03. The summed E-state index contributed by atoms with van der Waals surface area (Å²) >= 11 is 0. The van der Waals surface area contributed by atoms with Crippen LogP contribution in [0.15, 0.2) is 16.7 Å². The van der Waals surface area contributed by atoms with Crippen LogP contribution in [-0.4, -0.2) is 0 Å². The van der Waals surface area contributed by atoms with Crippen molar-refractivity contribution in [1.29, 1.82) is 0 Å². The zero-order valence-corrected chi connectivity index (χ0v) is 10.9. The van der Waals surface area contributed by atoms with Crippen LogP contribution in [0.3, 0.4) is 0 Å². The van der Waals surface area contributed by atoms with Crippen molar-refractivity contribution in [2.45, 2.75) is 71.6 Å². The second-order valence-electron chi connectivity index (χ2n) is 4.64. The van der Waals surface area contributed by atoms with Crippen molar-refractivity contribution in [3.05, 3.63) is 23.7 Å². The first-order valence-electron chi connectivity index (χ1n) is 6.93. The van der Waals surface area contributed by atoms with Gasteiger partial charge in [-0.25, -0.2) is 0 Å². The molecule has 0 amide bonds. The molecule has 92 valence electrons. The fourth-order valence-corrected chi connectivity index (χ4v) is 2.09. The summed E-state index contributed by atoms with van der Waals surface area (Å²) in [5.74, 6) is 1.24. The normalized spacial score (nSPS) is 10.9. The average molecular weight is 222 g/mol. The zero-order chi connectivity index (χ0) is 11.6. The molecule has 1 aromatic heterocycles. The van der Waals surface area contributed by atoms with E-state index in [-0.39, 0.29) is 0 Å². The fourth-order valence-electron chi connectivity index (χ4n) is 2.09. The van der Waals surface area contributed by atoms with E-state index in [9.17, 15) is 0 Å². The maximum Gasteiger partial charge on any atom is 0.106 e. The van der Waals surface area contributed by atoms with E-state index in [1.807, 2.05) is 6.26 Å². The van der Waals surface area contributed by atoms with Gasteiger partial charge < -0.3 is 4.42 Å². The molecule has 0 aliphatic rings. The van der Waals surface area contributed by atoms with Gasteiger partial charge in [0.2, 0.25) is 0 Å². The number of aryl methyl sites for hydroxylation is 2. The third-order valence-electron chi connectivity index (χ3n) is 3.14. The third kappa shape index (κ3) is 4.87. The van der Waals surface area contributed by atoms with E-state index in [0.717, 1.165) is 6.42 Å². The van der Waals surface area contributed by atoms with Gasteiger partial charge in [-0.3, -0.25) is 0 Å². The molecule has 1 nitrogen and oxygen atoms in total. The predicted molar refractivity (Wildman–Crippen MR) is 69.8 cm³/mol. The highest BCUT2D eigenvalue weighted by molar-refractivity contribution is 5.17. The molecule has 0 aliphatic carbocycles. The van der Waals surface area contributed by atoms with Crippen LogP contribution < -0.4 is 0 Å². The summed E-state index contributed by atoms with van der Waals surface area (Å²) in [5, 5.41) is 0. The molecule has 16 heavy (non-hydrogen) atoms. The lowest BCUT2D eigenvalue weighted by Gasteiger charge is -2.02. The van der Waals surface area contributed by atoms with Crippen molar-refractivity contribution in [1.82, 2.24) is 0 Å². The molecule has 0 aromatic carbocycles. The van der Waals surface area contributed by atoms with Gasteiger partial charge in [-0.2, -0.15) is 0 Å². The van der Waals surface area contributed by atoms with Crippen LogP contribution in [-0.2, 0) is 12.8 Å². The minimum Gasteiger partial charge on any atom is -0.469 e. The Hall–Kier alpha value is -0.720. The molecule has 0 unspecified atom stereocenters. The second kappa shape index (κ2) is 8.43. The molecule has 1 heteroatoms. The number of hydrogen-bond donors (Lipinski definition) is 0. The number of unbranched alkanes of at least 4 members (excludes halogenated alkanes) is 5. The molecule has 1 aromatic rings. The van der Waals surface area contributed by atoms with E-state index in [4.69, 9.17) is 4.42 Å². The Bertz CT molecular complexity index is 262. The molecule has 0 bridgehead atoms. The molecule has 0 N–H and O–H groups in total. The Morgan fingerprint density at radius 1 is 0.875 bits per heavy atom. The minimum absolute atomic E-state index is 1.13. The summed E-state index contributed by atoms with van der Waals surface area (Å²) in [6, 6.07) is 2.16. The van der Waals surface area contributed by atoms with Crippen LogP contribution in [0.1, 0.15) is 70.1 Å². The summed E-state index contributed by atoms with van der Waals surface area (Å²) in [5.41, 5.74) is 1.45. The number of hydrogen-bond acceptors (Lipinski definition) is 1. The van der Waals surface area contributed by atoms with Crippen molar-refractivity contribution in [3.63, 3.8) is 0 Å². The Morgan fingerprint density at radius 3 is 2.31 bits per heavy atom. The molecule has 0 saturated heterocycles. The SMILES string of the molecule is CCCCCCc1occc1CCCCC. The highest BCUT2D eigenvalue weighted by Crippen LogP contribution is 2.17. The van der Waals surface area contributed by atoms with Crippen LogP contribution in [0.4, 0.5) is 0 Å². The maximum atomic E-state index is 5.58. The smallest absolute Gasteiger partial charge is 0.106 e. The zero-order valence-electron chi connectivity index (χ0n) is 10.9.